The van der Waals surface area contributed by atoms with Gasteiger partial charge in [0.1, 0.15) is 5.75 Å². The molecule has 2 N–H and O–H groups in total. The van der Waals surface area contributed by atoms with E-state index in [1.54, 1.807) is 12.1 Å². The molecule has 1 heterocycles. The first-order valence-corrected chi connectivity index (χ1v) is 12.2. The van der Waals surface area contributed by atoms with Gasteiger partial charge in [-0.1, -0.05) is 53.5 Å². The number of anilines is 1. The molecular formula is C27H29Cl2N3O2. The molecule has 0 unspecified atom stereocenters. The molecule has 1 aliphatic rings. The second-order valence-corrected chi connectivity index (χ2v) is 9.57. The summed E-state index contributed by atoms with van der Waals surface area (Å²) in [4.78, 5) is 17.2. The number of carbonyl (C=O) groups excluding carboxylic acids is 1. The molecule has 7 heteroatoms. The molecule has 3 aromatic carbocycles. The van der Waals surface area contributed by atoms with Gasteiger partial charge in [-0.2, -0.15) is 0 Å². The van der Waals surface area contributed by atoms with Gasteiger partial charge in [0.25, 0.3) is 0 Å². The summed E-state index contributed by atoms with van der Waals surface area (Å²) in [6, 6.07) is 21.4. The zero-order valence-corrected chi connectivity index (χ0v) is 20.7. The van der Waals surface area contributed by atoms with E-state index < -0.39 is 0 Å². The fraction of sp³-hybridized carbons (Fsp3) is 0.296. The minimum atomic E-state index is -0.0939. The lowest BCUT2D eigenvalue weighted by molar-refractivity contribution is -0.116. The van der Waals surface area contributed by atoms with Gasteiger partial charge in [0.05, 0.1) is 11.7 Å². The lowest BCUT2D eigenvalue weighted by Crippen LogP contribution is -2.48. The maximum absolute atomic E-state index is 12.4. The molecule has 0 aromatic heterocycles. The predicted octanol–water partition coefficient (Wildman–Crippen LogP) is 5.74. The fourth-order valence-corrected chi connectivity index (χ4v) is 4.62. The van der Waals surface area contributed by atoms with Crippen LogP contribution in [0.5, 0.6) is 5.75 Å². The van der Waals surface area contributed by atoms with Gasteiger partial charge >= 0.3 is 0 Å². The Bertz CT molecular complexity index is 1070. The highest BCUT2D eigenvalue weighted by molar-refractivity contribution is 6.30. The van der Waals surface area contributed by atoms with Gasteiger partial charge in [0, 0.05) is 49.2 Å². The van der Waals surface area contributed by atoms with Crippen molar-refractivity contribution in [2.75, 3.05) is 38.0 Å². The number of carbonyl (C=O) groups is 1. The van der Waals surface area contributed by atoms with Crippen LogP contribution in [0.2, 0.25) is 10.0 Å². The molecule has 3 aromatic rings. The van der Waals surface area contributed by atoms with Gasteiger partial charge in [-0.15, -0.1) is 0 Å². The van der Waals surface area contributed by atoms with Crippen molar-refractivity contribution in [2.24, 2.45) is 0 Å². The highest BCUT2D eigenvalue weighted by Crippen LogP contribution is 2.31. The minimum absolute atomic E-state index is 0.0861. The van der Waals surface area contributed by atoms with Crippen molar-refractivity contribution in [3.8, 4) is 5.75 Å². The molecule has 0 atom stereocenters. The normalized spacial score (nSPS) is 14.9. The number of nitrogens with one attached hydrogen (secondary N) is 1. The maximum Gasteiger partial charge on any atom is 0.225 e. The van der Waals surface area contributed by atoms with Gasteiger partial charge in [-0.25, -0.2) is 0 Å². The first kappa shape index (κ1) is 24.6. The van der Waals surface area contributed by atoms with Crippen LogP contribution in [0, 0.1) is 6.92 Å². The number of amides is 1. The monoisotopic (exact) mass is 497 g/mol. The fourth-order valence-electron chi connectivity index (χ4n) is 4.37. The lowest BCUT2D eigenvalue weighted by atomic mass is 9.96. The summed E-state index contributed by atoms with van der Waals surface area (Å²) < 4.78 is 0. The molecule has 1 fully saturated rings. The zero-order valence-electron chi connectivity index (χ0n) is 19.2. The van der Waals surface area contributed by atoms with Crippen LogP contribution in [0.1, 0.15) is 29.2 Å². The maximum atomic E-state index is 12.4. The lowest BCUT2D eigenvalue weighted by Gasteiger charge is -2.39. The van der Waals surface area contributed by atoms with Crippen LogP contribution in [0.25, 0.3) is 0 Å². The number of phenolic OH excluding ortho intramolecular Hbond substituents is 1. The summed E-state index contributed by atoms with van der Waals surface area (Å²) in [5, 5.41) is 14.2. The van der Waals surface area contributed by atoms with E-state index >= 15 is 0 Å². The van der Waals surface area contributed by atoms with E-state index in [9.17, 15) is 9.90 Å². The van der Waals surface area contributed by atoms with Crippen molar-refractivity contribution in [2.45, 2.75) is 19.4 Å². The smallest absolute Gasteiger partial charge is 0.225 e. The van der Waals surface area contributed by atoms with Gasteiger partial charge in [0.2, 0.25) is 5.91 Å². The van der Waals surface area contributed by atoms with Crippen LogP contribution >= 0.6 is 23.2 Å². The molecule has 5 nitrogen and oxygen atoms in total. The highest BCUT2D eigenvalue weighted by Gasteiger charge is 2.26. The van der Waals surface area contributed by atoms with Crippen molar-refractivity contribution in [1.82, 2.24) is 9.80 Å². The van der Waals surface area contributed by atoms with Crippen molar-refractivity contribution < 1.29 is 9.90 Å². The van der Waals surface area contributed by atoms with Gasteiger partial charge in [-0.05, 0) is 60.0 Å². The van der Waals surface area contributed by atoms with Crippen molar-refractivity contribution >= 4 is 34.8 Å². The average molecular weight is 498 g/mol. The van der Waals surface area contributed by atoms with Crippen LogP contribution in [0.4, 0.5) is 5.69 Å². The third-order valence-electron chi connectivity index (χ3n) is 6.22. The molecule has 0 bridgehead atoms. The number of halogens is 2. The summed E-state index contributed by atoms with van der Waals surface area (Å²) in [5.41, 5.74) is 3.83. The Morgan fingerprint density at radius 1 is 0.912 bits per heavy atom. The van der Waals surface area contributed by atoms with E-state index in [1.807, 2.05) is 37.3 Å². The first-order valence-electron chi connectivity index (χ1n) is 11.5. The Hall–Kier alpha value is -2.57. The molecule has 0 radical (unpaired) electrons. The predicted molar refractivity (Wildman–Crippen MR) is 139 cm³/mol. The number of hydrogen-bond donors (Lipinski definition) is 2. The third kappa shape index (κ3) is 6.30. The number of rotatable bonds is 7. The third-order valence-corrected chi connectivity index (χ3v) is 6.73. The minimum Gasteiger partial charge on any atom is -0.506 e. The highest BCUT2D eigenvalue weighted by atomic mass is 35.5. The molecule has 0 spiro atoms. The first-order chi connectivity index (χ1) is 16.4. The summed E-state index contributed by atoms with van der Waals surface area (Å²) in [6.07, 6.45) is 0.380. The second kappa shape index (κ2) is 11.2. The van der Waals surface area contributed by atoms with Crippen molar-refractivity contribution in [3.05, 3.63) is 93.5 Å². The molecular weight excluding hydrogens is 469 g/mol. The zero-order chi connectivity index (χ0) is 24.1. The second-order valence-electron chi connectivity index (χ2n) is 8.70. The van der Waals surface area contributed by atoms with Crippen LogP contribution in [0.3, 0.4) is 0 Å². The Balaban J connectivity index is 1.36. The largest absolute Gasteiger partial charge is 0.506 e. The van der Waals surface area contributed by atoms with Crippen LogP contribution < -0.4 is 5.32 Å². The quantitative estimate of drug-likeness (QED) is 0.408. The molecule has 4 rings (SSSR count). The summed E-state index contributed by atoms with van der Waals surface area (Å²) in [5.74, 6) is -0.00783. The number of piperazine rings is 1. The van der Waals surface area contributed by atoms with Gasteiger partial charge < -0.3 is 15.3 Å². The standard InChI is InChI=1S/C27H29Cl2N3O2/c1-19-2-11-25(33)24(18-19)30-26(34)12-13-31-14-16-32(17-15-31)27(20-3-7-22(28)8-4-20)21-5-9-23(29)10-6-21/h2-11,18,27,33H,12-17H2,1H3,(H,30,34). The van der Waals surface area contributed by atoms with E-state index in [0.29, 0.717) is 18.7 Å². The number of hydrogen-bond acceptors (Lipinski definition) is 4. The summed E-state index contributed by atoms with van der Waals surface area (Å²) >= 11 is 12.3. The van der Waals surface area contributed by atoms with Crippen LogP contribution in [0.15, 0.2) is 66.7 Å². The van der Waals surface area contributed by atoms with E-state index in [-0.39, 0.29) is 17.7 Å². The molecule has 1 amide bonds. The average Bonchev–Trinajstić information content (AvgIpc) is 2.83. The molecule has 1 aliphatic heterocycles. The topological polar surface area (TPSA) is 55.8 Å². The van der Waals surface area contributed by atoms with Gasteiger partial charge in [-0.3, -0.25) is 9.69 Å². The molecule has 178 valence electrons. The van der Waals surface area contributed by atoms with Crippen LogP contribution in [-0.4, -0.2) is 53.5 Å². The van der Waals surface area contributed by atoms with Crippen LogP contribution in [-0.2, 0) is 4.79 Å². The number of phenols is 1. The van der Waals surface area contributed by atoms with Gasteiger partial charge in [0.15, 0.2) is 0 Å². The number of aromatic hydroxyl groups is 1. The number of aryl methyl sites for hydroxylation is 1. The van der Waals surface area contributed by atoms with Crippen molar-refractivity contribution in [3.63, 3.8) is 0 Å². The molecule has 0 saturated carbocycles. The van der Waals surface area contributed by atoms with E-state index in [2.05, 4.69) is 39.4 Å². The number of benzene rings is 3. The Kier molecular flexibility index (Phi) is 8.11. The molecule has 34 heavy (non-hydrogen) atoms. The van der Waals surface area contributed by atoms with E-state index in [0.717, 1.165) is 41.8 Å². The SMILES string of the molecule is Cc1ccc(O)c(NC(=O)CCN2CCN(C(c3ccc(Cl)cc3)c3ccc(Cl)cc3)CC2)c1. The molecule has 1 saturated heterocycles. The molecule has 0 aliphatic carbocycles. The summed E-state index contributed by atoms with van der Waals surface area (Å²) in [7, 11) is 0. The number of nitrogens with zero attached hydrogens (tertiary/aromatic N) is 2. The van der Waals surface area contributed by atoms with Crippen molar-refractivity contribution in [1.29, 1.82) is 0 Å². The Morgan fingerprint density at radius 3 is 2.03 bits per heavy atom. The van der Waals surface area contributed by atoms with E-state index in [4.69, 9.17) is 23.2 Å². The van der Waals surface area contributed by atoms with E-state index in [1.165, 1.54) is 11.1 Å². The summed E-state index contributed by atoms with van der Waals surface area (Å²) in [6.45, 7) is 6.13. The Labute approximate surface area is 210 Å². The Morgan fingerprint density at radius 2 is 1.47 bits per heavy atom.